The number of fused-ring (bicyclic) bond motifs is 1. The monoisotopic (exact) mass is 433 g/mol. The number of aliphatic hydroxyl groups is 3. The molecule has 3 aromatic rings. The van der Waals surface area contributed by atoms with Gasteiger partial charge in [-0.25, -0.2) is 19.4 Å². The Morgan fingerprint density at radius 1 is 1.27 bits per heavy atom. The number of carbonyl (C=O) groups excluding carboxylic acids is 1. The number of benzene rings is 1. The SMILES string of the molecule is COC(=O)Nc1ncnc2c1cnn2[C@@H]1C[C@H](C(O)c2ccc(Cl)cc2)[C@@H](O)[C@H]1O. The van der Waals surface area contributed by atoms with Crippen molar-refractivity contribution in [2.45, 2.75) is 30.8 Å². The fraction of sp³-hybridized carbons (Fsp3) is 0.368. The molecule has 1 fully saturated rings. The van der Waals surface area contributed by atoms with Crippen molar-refractivity contribution < 1.29 is 24.9 Å². The standard InChI is InChI=1S/C19H20ClN5O5/c1-30-19(29)24-17-12-7-23-25(18(12)22-8-21-17)13-6-11(15(27)16(13)28)14(26)9-2-4-10(20)5-3-9/h2-5,7-8,11,13-16,26-28H,6H2,1H3,(H,21,22,24,29)/t11-,13-,14?,15-,16+/m1/s1. The highest BCUT2D eigenvalue weighted by molar-refractivity contribution is 6.30. The molecule has 158 valence electrons. The second kappa shape index (κ2) is 8.15. The molecule has 1 aliphatic rings. The quantitative estimate of drug-likeness (QED) is 0.486. The zero-order chi connectivity index (χ0) is 21.4. The van der Waals surface area contributed by atoms with Crippen LogP contribution in [0.15, 0.2) is 36.8 Å². The summed E-state index contributed by atoms with van der Waals surface area (Å²) in [7, 11) is 1.24. The highest BCUT2D eigenvalue weighted by Crippen LogP contribution is 2.43. The Bertz CT molecular complexity index is 1060. The minimum absolute atomic E-state index is 0.212. The van der Waals surface area contributed by atoms with E-state index in [0.717, 1.165) is 0 Å². The molecule has 0 aliphatic heterocycles. The molecule has 30 heavy (non-hydrogen) atoms. The predicted molar refractivity (Wildman–Crippen MR) is 107 cm³/mol. The summed E-state index contributed by atoms with van der Waals surface area (Å²) < 4.78 is 6.06. The molecule has 0 saturated heterocycles. The molecule has 1 aliphatic carbocycles. The number of hydrogen-bond acceptors (Lipinski definition) is 8. The lowest BCUT2D eigenvalue weighted by Gasteiger charge is -2.22. The summed E-state index contributed by atoms with van der Waals surface area (Å²) in [6.45, 7) is 0. The van der Waals surface area contributed by atoms with E-state index in [1.165, 1.54) is 24.3 Å². The molecule has 0 bridgehead atoms. The fourth-order valence-corrected chi connectivity index (χ4v) is 3.98. The summed E-state index contributed by atoms with van der Waals surface area (Å²) in [4.78, 5) is 19.8. The van der Waals surface area contributed by atoms with Crippen LogP contribution in [0.3, 0.4) is 0 Å². The van der Waals surface area contributed by atoms with Crippen LogP contribution in [0.2, 0.25) is 5.02 Å². The summed E-state index contributed by atoms with van der Waals surface area (Å²) in [6.07, 6.45) is -1.06. The van der Waals surface area contributed by atoms with Crippen molar-refractivity contribution in [2.75, 3.05) is 12.4 Å². The Morgan fingerprint density at radius 2 is 2.00 bits per heavy atom. The summed E-state index contributed by atoms with van der Waals surface area (Å²) in [5.74, 6) is -0.413. The van der Waals surface area contributed by atoms with E-state index in [4.69, 9.17) is 11.6 Å². The van der Waals surface area contributed by atoms with Gasteiger partial charge in [-0.1, -0.05) is 23.7 Å². The predicted octanol–water partition coefficient (Wildman–Crippen LogP) is 1.67. The van der Waals surface area contributed by atoms with Gasteiger partial charge in [0.1, 0.15) is 18.2 Å². The van der Waals surface area contributed by atoms with Gasteiger partial charge in [-0.3, -0.25) is 5.32 Å². The Kier molecular flexibility index (Phi) is 5.56. The highest BCUT2D eigenvalue weighted by Gasteiger charge is 2.46. The third kappa shape index (κ3) is 3.58. The molecule has 10 nitrogen and oxygen atoms in total. The maximum Gasteiger partial charge on any atom is 0.412 e. The van der Waals surface area contributed by atoms with Gasteiger partial charge in [-0.2, -0.15) is 5.10 Å². The van der Waals surface area contributed by atoms with Crippen LogP contribution >= 0.6 is 11.6 Å². The van der Waals surface area contributed by atoms with E-state index >= 15 is 0 Å². The molecule has 1 unspecified atom stereocenters. The Hall–Kier alpha value is -2.79. The number of amides is 1. The first kappa shape index (κ1) is 20.5. The molecular weight excluding hydrogens is 414 g/mol. The largest absolute Gasteiger partial charge is 0.453 e. The Balaban J connectivity index is 1.63. The van der Waals surface area contributed by atoms with Crippen molar-refractivity contribution in [2.24, 2.45) is 5.92 Å². The van der Waals surface area contributed by atoms with Crippen LogP contribution in [0, 0.1) is 5.92 Å². The molecule has 5 atom stereocenters. The van der Waals surface area contributed by atoms with Gasteiger partial charge in [-0.15, -0.1) is 0 Å². The number of aromatic nitrogens is 4. The van der Waals surface area contributed by atoms with Crippen LogP contribution in [0.25, 0.3) is 11.0 Å². The van der Waals surface area contributed by atoms with Crippen LogP contribution in [-0.2, 0) is 4.74 Å². The van der Waals surface area contributed by atoms with Crippen molar-refractivity contribution in [3.8, 4) is 0 Å². The van der Waals surface area contributed by atoms with Crippen molar-refractivity contribution in [1.82, 2.24) is 19.7 Å². The van der Waals surface area contributed by atoms with Gasteiger partial charge >= 0.3 is 6.09 Å². The lowest BCUT2D eigenvalue weighted by molar-refractivity contribution is -0.0271. The van der Waals surface area contributed by atoms with Gasteiger partial charge in [0, 0.05) is 10.9 Å². The maximum absolute atomic E-state index is 11.5. The molecule has 1 amide bonds. The van der Waals surface area contributed by atoms with Gasteiger partial charge in [0.05, 0.1) is 36.9 Å². The number of rotatable bonds is 4. The van der Waals surface area contributed by atoms with Crippen LogP contribution in [0.4, 0.5) is 10.6 Å². The maximum atomic E-state index is 11.5. The Morgan fingerprint density at radius 3 is 2.70 bits per heavy atom. The number of carbonyl (C=O) groups is 1. The molecule has 1 saturated carbocycles. The number of aliphatic hydroxyl groups excluding tert-OH is 3. The number of methoxy groups -OCH3 is 1. The van der Waals surface area contributed by atoms with Crippen LogP contribution in [-0.4, -0.2) is 60.5 Å². The number of ether oxygens (including phenoxy) is 1. The molecule has 2 aromatic heterocycles. The molecule has 0 radical (unpaired) electrons. The van der Waals surface area contributed by atoms with Crippen LogP contribution in [0.1, 0.15) is 24.1 Å². The number of anilines is 1. The number of nitrogens with zero attached hydrogens (tertiary/aromatic N) is 4. The average Bonchev–Trinajstić information content (AvgIpc) is 3.30. The third-order valence-electron chi connectivity index (χ3n) is 5.42. The van der Waals surface area contributed by atoms with Crippen LogP contribution in [0.5, 0.6) is 0 Å². The van der Waals surface area contributed by atoms with E-state index in [1.54, 1.807) is 24.3 Å². The van der Waals surface area contributed by atoms with Crippen molar-refractivity contribution >= 4 is 34.5 Å². The molecule has 4 N–H and O–H groups in total. The van der Waals surface area contributed by atoms with Gasteiger partial charge in [0.2, 0.25) is 0 Å². The summed E-state index contributed by atoms with van der Waals surface area (Å²) in [5, 5.41) is 39.8. The molecule has 1 aromatic carbocycles. The van der Waals surface area contributed by atoms with E-state index in [2.05, 4.69) is 25.1 Å². The lowest BCUT2D eigenvalue weighted by Crippen LogP contribution is -2.31. The molecule has 0 spiro atoms. The van der Waals surface area contributed by atoms with E-state index in [-0.39, 0.29) is 12.2 Å². The first-order chi connectivity index (χ1) is 14.4. The van der Waals surface area contributed by atoms with Crippen molar-refractivity contribution in [3.05, 3.63) is 47.4 Å². The second-order valence-corrected chi connectivity index (χ2v) is 7.55. The van der Waals surface area contributed by atoms with E-state index in [1.807, 2.05) is 0 Å². The first-order valence-electron chi connectivity index (χ1n) is 9.23. The molecule has 4 rings (SSSR count). The van der Waals surface area contributed by atoms with Gasteiger partial charge < -0.3 is 20.1 Å². The van der Waals surface area contributed by atoms with Crippen LogP contribution < -0.4 is 5.32 Å². The van der Waals surface area contributed by atoms with E-state index in [9.17, 15) is 20.1 Å². The molecular formula is C19H20ClN5O5. The highest BCUT2D eigenvalue weighted by atomic mass is 35.5. The summed E-state index contributed by atoms with van der Waals surface area (Å²) in [6, 6.07) is 6.04. The summed E-state index contributed by atoms with van der Waals surface area (Å²) in [5.41, 5.74) is 0.961. The number of nitrogens with one attached hydrogen (secondary N) is 1. The smallest absolute Gasteiger partial charge is 0.412 e. The normalized spacial score (nSPS) is 24.7. The zero-order valence-corrected chi connectivity index (χ0v) is 16.6. The van der Waals surface area contributed by atoms with E-state index < -0.39 is 36.4 Å². The summed E-state index contributed by atoms with van der Waals surface area (Å²) >= 11 is 5.90. The minimum atomic E-state index is -1.17. The molecule has 2 heterocycles. The lowest BCUT2D eigenvalue weighted by atomic mass is 9.92. The van der Waals surface area contributed by atoms with Crippen molar-refractivity contribution in [1.29, 1.82) is 0 Å². The molecule has 11 heteroatoms. The minimum Gasteiger partial charge on any atom is -0.453 e. The van der Waals surface area contributed by atoms with Gasteiger partial charge in [-0.05, 0) is 24.1 Å². The first-order valence-corrected chi connectivity index (χ1v) is 9.61. The van der Waals surface area contributed by atoms with Gasteiger partial charge in [0.25, 0.3) is 0 Å². The number of hydrogen-bond donors (Lipinski definition) is 4. The average molecular weight is 434 g/mol. The topological polar surface area (TPSA) is 143 Å². The fourth-order valence-electron chi connectivity index (χ4n) is 3.86. The van der Waals surface area contributed by atoms with Gasteiger partial charge in [0.15, 0.2) is 5.65 Å². The number of halogens is 1. The Labute approximate surface area is 176 Å². The third-order valence-corrected chi connectivity index (χ3v) is 5.68. The second-order valence-electron chi connectivity index (χ2n) is 7.11. The van der Waals surface area contributed by atoms with E-state index in [0.29, 0.717) is 21.6 Å². The zero-order valence-electron chi connectivity index (χ0n) is 15.9. The van der Waals surface area contributed by atoms with Crippen molar-refractivity contribution in [3.63, 3.8) is 0 Å².